The second-order valence-corrected chi connectivity index (χ2v) is 3.64. The number of hydroxylamine groups is 2. The lowest BCUT2D eigenvalue weighted by atomic mass is 10.2. The number of rotatable bonds is 4. The molecule has 72 valence electrons. The molecule has 1 aliphatic rings. The van der Waals surface area contributed by atoms with Crippen LogP contribution in [0.15, 0.2) is 0 Å². The van der Waals surface area contributed by atoms with Crippen molar-refractivity contribution in [2.75, 3.05) is 13.2 Å². The van der Waals surface area contributed by atoms with Gasteiger partial charge < -0.3 is 15.0 Å². The Labute approximate surface area is 74.3 Å². The third kappa shape index (κ3) is 3.09. The Hall–Kier alpha value is -0.120. The Bertz CT molecular complexity index is 128. The number of hydrogen-bond donors (Lipinski definition) is 0. The van der Waals surface area contributed by atoms with Crippen LogP contribution in [0.1, 0.15) is 33.1 Å². The van der Waals surface area contributed by atoms with Gasteiger partial charge in [0.25, 0.3) is 0 Å². The highest BCUT2D eigenvalue weighted by Crippen LogP contribution is 2.18. The van der Waals surface area contributed by atoms with Crippen LogP contribution >= 0.6 is 0 Å². The molecule has 1 atom stereocenters. The van der Waals surface area contributed by atoms with Crippen molar-refractivity contribution in [3.8, 4) is 0 Å². The first-order valence-corrected chi connectivity index (χ1v) is 4.75. The maximum absolute atomic E-state index is 11.1. The zero-order valence-corrected chi connectivity index (χ0v) is 7.95. The van der Waals surface area contributed by atoms with Gasteiger partial charge >= 0.3 is 0 Å². The molecule has 1 unspecified atom stereocenters. The zero-order valence-electron chi connectivity index (χ0n) is 7.95. The molecule has 3 nitrogen and oxygen atoms in total. The maximum Gasteiger partial charge on any atom is 0.0518 e. The second kappa shape index (κ2) is 4.80. The topological polar surface area (TPSA) is 35.5 Å². The highest BCUT2D eigenvalue weighted by atomic mass is 16.5. The van der Waals surface area contributed by atoms with Gasteiger partial charge in [-0.25, -0.2) is 0 Å². The molecule has 0 bridgehead atoms. The largest absolute Gasteiger partial charge is 0.785 e. The Balaban J connectivity index is 2.06. The predicted molar refractivity (Wildman–Crippen MR) is 48.8 cm³/mol. The smallest absolute Gasteiger partial charge is 0.0518 e. The molecule has 0 aromatic heterocycles. The van der Waals surface area contributed by atoms with Gasteiger partial charge in [0.15, 0.2) is 0 Å². The molecule has 1 heterocycles. The van der Waals surface area contributed by atoms with Gasteiger partial charge in [-0.05, 0) is 45.7 Å². The molecule has 0 aliphatic carbocycles. The van der Waals surface area contributed by atoms with Crippen LogP contribution in [0.3, 0.4) is 0 Å². The number of nitrogens with zero attached hydrogens (tertiary/aromatic N) is 1. The van der Waals surface area contributed by atoms with Crippen LogP contribution < -0.4 is 0 Å². The molecular formula is C9H18NO2-. The van der Waals surface area contributed by atoms with Gasteiger partial charge in [0, 0.05) is 6.61 Å². The van der Waals surface area contributed by atoms with E-state index < -0.39 is 0 Å². The van der Waals surface area contributed by atoms with Crippen molar-refractivity contribution < 1.29 is 4.74 Å². The van der Waals surface area contributed by atoms with Crippen LogP contribution in [-0.2, 0) is 4.74 Å². The lowest BCUT2D eigenvalue weighted by Crippen LogP contribution is -2.24. The van der Waals surface area contributed by atoms with Crippen LogP contribution in [-0.4, -0.2) is 30.4 Å². The molecule has 12 heavy (non-hydrogen) atoms. The molecule has 1 rings (SSSR count). The molecule has 1 fully saturated rings. The van der Waals surface area contributed by atoms with Crippen molar-refractivity contribution in [1.82, 2.24) is 5.06 Å². The molecule has 0 N–H and O–H groups in total. The highest BCUT2D eigenvalue weighted by Gasteiger charge is 2.16. The lowest BCUT2D eigenvalue weighted by Gasteiger charge is -2.29. The van der Waals surface area contributed by atoms with Gasteiger partial charge in [0.1, 0.15) is 0 Å². The summed E-state index contributed by atoms with van der Waals surface area (Å²) in [6, 6.07) is 0.226. The normalized spacial score (nSPS) is 25.5. The molecular weight excluding hydrogens is 154 g/mol. The van der Waals surface area contributed by atoms with Crippen LogP contribution in [0.2, 0.25) is 0 Å². The highest BCUT2D eigenvalue weighted by molar-refractivity contribution is 4.78. The Morgan fingerprint density at radius 1 is 1.58 bits per heavy atom. The van der Waals surface area contributed by atoms with Gasteiger partial charge in [0.05, 0.1) is 6.10 Å². The molecule has 3 heteroatoms. The minimum absolute atomic E-state index is 0.226. The van der Waals surface area contributed by atoms with Gasteiger partial charge in [-0.15, -0.1) is 0 Å². The molecule has 0 saturated carbocycles. The fraction of sp³-hybridized carbons (Fsp3) is 1.00. The van der Waals surface area contributed by atoms with Crippen LogP contribution in [0, 0.1) is 5.21 Å². The zero-order chi connectivity index (χ0) is 8.97. The average Bonchev–Trinajstić information content (AvgIpc) is 2.36. The fourth-order valence-corrected chi connectivity index (χ4v) is 1.54. The van der Waals surface area contributed by atoms with Crippen molar-refractivity contribution in [2.24, 2.45) is 0 Å². The minimum atomic E-state index is 0.226. The van der Waals surface area contributed by atoms with Crippen molar-refractivity contribution in [2.45, 2.75) is 45.3 Å². The first-order valence-electron chi connectivity index (χ1n) is 4.75. The van der Waals surface area contributed by atoms with Crippen LogP contribution in [0.5, 0.6) is 0 Å². The summed E-state index contributed by atoms with van der Waals surface area (Å²) < 4.78 is 5.39. The molecule has 0 amide bonds. The number of ether oxygens (including phenoxy) is 1. The molecule has 0 aromatic rings. The van der Waals surface area contributed by atoms with Crippen LogP contribution in [0.4, 0.5) is 0 Å². The molecule has 1 saturated heterocycles. The van der Waals surface area contributed by atoms with Crippen molar-refractivity contribution >= 4 is 0 Å². The Kier molecular flexibility index (Phi) is 3.98. The quantitative estimate of drug-likeness (QED) is 0.648. The summed E-state index contributed by atoms with van der Waals surface area (Å²) >= 11 is 0. The molecule has 1 aliphatic heterocycles. The minimum Gasteiger partial charge on any atom is -0.785 e. The van der Waals surface area contributed by atoms with Crippen molar-refractivity contribution in [3.63, 3.8) is 0 Å². The summed E-state index contributed by atoms with van der Waals surface area (Å²) in [5.41, 5.74) is 0. The van der Waals surface area contributed by atoms with Gasteiger partial charge in [0.2, 0.25) is 0 Å². The van der Waals surface area contributed by atoms with Gasteiger partial charge in [-0.3, -0.25) is 0 Å². The van der Waals surface area contributed by atoms with E-state index in [1.54, 1.807) is 0 Å². The van der Waals surface area contributed by atoms with Gasteiger partial charge in [-0.2, -0.15) is 0 Å². The number of hydrogen-bond acceptors (Lipinski definition) is 3. The summed E-state index contributed by atoms with van der Waals surface area (Å²) in [5, 5.41) is 12.3. The Morgan fingerprint density at radius 3 is 2.83 bits per heavy atom. The summed E-state index contributed by atoms with van der Waals surface area (Å²) in [6.45, 7) is 5.47. The lowest BCUT2D eigenvalue weighted by molar-refractivity contribution is 0.0667. The van der Waals surface area contributed by atoms with E-state index in [0.717, 1.165) is 25.9 Å². The molecule has 0 spiro atoms. The first-order chi connectivity index (χ1) is 5.70. The van der Waals surface area contributed by atoms with E-state index in [2.05, 4.69) is 0 Å². The van der Waals surface area contributed by atoms with Crippen LogP contribution in [0.25, 0.3) is 0 Å². The average molecular weight is 172 g/mol. The first kappa shape index (κ1) is 9.96. The summed E-state index contributed by atoms with van der Waals surface area (Å²) in [4.78, 5) is 0. The summed E-state index contributed by atoms with van der Waals surface area (Å²) in [5.74, 6) is 0. The fourth-order valence-electron chi connectivity index (χ4n) is 1.54. The Morgan fingerprint density at radius 2 is 2.33 bits per heavy atom. The van der Waals surface area contributed by atoms with E-state index in [4.69, 9.17) is 4.74 Å². The monoisotopic (exact) mass is 172 g/mol. The van der Waals surface area contributed by atoms with Crippen molar-refractivity contribution in [3.05, 3.63) is 5.21 Å². The predicted octanol–water partition coefficient (Wildman–Crippen LogP) is 1.76. The van der Waals surface area contributed by atoms with Crippen molar-refractivity contribution in [1.29, 1.82) is 0 Å². The molecule has 0 radical (unpaired) electrons. The second-order valence-electron chi connectivity index (χ2n) is 3.64. The van der Waals surface area contributed by atoms with E-state index in [1.807, 2.05) is 13.8 Å². The van der Waals surface area contributed by atoms with E-state index in [1.165, 1.54) is 5.06 Å². The summed E-state index contributed by atoms with van der Waals surface area (Å²) in [7, 11) is 0. The van der Waals surface area contributed by atoms with Gasteiger partial charge in [-0.1, -0.05) is 0 Å². The van der Waals surface area contributed by atoms with E-state index in [9.17, 15) is 5.21 Å². The third-order valence-electron chi connectivity index (χ3n) is 2.23. The van der Waals surface area contributed by atoms with E-state index in [-0.39, 0.29) is 12.1 Å². The third-order valence-corrected chi connectivity index (χ3v) is 2.23. The standard InChI is InChI=1S/C9H18NO2/c1-8(2)12-7-5-9-4-3-6-10(9)11/h8-9H,3-7H2,1-2H3/q-1. The van der Waals surface area contributed by atoms with E-state index in [0.29, 0.717) is 6.54 Å². The summed E-state index contributed by atoms with van der Waals surface area (Å²) in [6.07, 6.45) is 3.27. The SMILES string of the molecule is CC(C)OCCC1CCCN1[O-]. The molecule has 0 aromatic carbocycles. The maximum atomic E-state index is 11.1. The van der Waals surface area contributed by atoms with E-state index >= 15 is 0 Å².